The molecule has 0 saturated heterocycles. The van der Waals surface area contributed by atoms with Crippen LogP contribution in [0.1, 0.15) is 26.7 Å². The number of thiophene rings is 1. The Morgan fingerprint density at radius 3 is 3.05 bits per heavy atom. The number of aliphatic hydroxyl groups excluding tert-OH is 1. The summed E-state index contributed by atoms with van der Waals surface area (Å²) in [5.74, 6) is 5.70. The molecular formula is C14H15N3O2S. The van der Waals surface area contributed by atoms with Crippen molar-refractivity contribution in [3.8, 4) is 11.8 Å². The number of carbonyl (C=O) groups is 1. The second-order valence-corrected chi connectivity index (χ2v) is 5.23. The lowest BCUT2D eigenvalue weighted by Gasteiger charge is -2.03. The van der Waals surface area contributed by atoms with E-state index in [1.807, 2.05) is 12.1 Å². The molecule has 2 aromatic rings. The van der Waals surface area contributed by atoms with Crippen LogP contribution in [0, 0.1) is 11.8 Å². The molecule has 0 spiro atoms. The van der Waals surface area contributed by atoms with Crippen LogP contribution >= 0.6 is 11.3 Å². The maximum Gasteiger partial charge on any atom is 0.269 e. The van der Waals surface area contributed by atoms with Crippen LogP contribution in [0.2, 0.25) is 0 Å². The molecule has 0 bridgehead atoms. The van der Waals surface area contributed by atoms with Gasteiger partial charge in [-0.25, -0.2) is 0 Å². The van der Waals surface area contributed by atoms with Crippen molar-refractivity contribution in [3.63, 3.8) is 0 Å². The molecule has 0 saturated carbocycles. The molecule has 2 aromatic heterocycles. The Balaban J connectivity index is 1.90. The van der Waals surface area contributed by atoms with Gasteiger partial charge >= 0.3 is 0 Å². The maximum atomic E-state index is 11.9. The highest BCUT2D eigenvalue weighted by molar-refractivity contribution is 7.12. The number of aryl methyl sites for hydroxylation is 1. The Hall–Kier alpha value is -2.10. The number of hydrogen-bond donors (Lipinski definition) is 2. The molecule has 0 aliphatic rings. The summed E-state index contributed by atoms with van der Waals surface area (Å²) < 4.78 is 1.54. The minimum absolute atomic E-state index is 0.0754. The molecule has 6 heteroatoms. The Morgan fingerprint density at radius 1 is 1.50 bits per heavy atom. The second-order valence-electron chi connectivity index (χ2n) is 4.06. The van der Waals surface area contributed by atoms with Crippen LogP contribution in [0.25, 0.3) is 0 Å². The molecule has 2 N–H and O–H groups in total. The Kier molecular flexibility index (Phi) is 4.93. The third kappa shape index (κ3) is 3.70. The van der Waals surface area contributed by atoms with Gasteiger partial charge in [-0.3, -0.25) is 9.48 Å². The summed E-state index contributed by atoms with van der Waals surface area (Å²) in [5, 5.41) is 15.5. The van der Waals surface area contributed by atoms with E-state index < -0.39 is 0 Å². The quantitative estimate of drug-likeness (QED) is 0.830. The molecule has 2 rings (SSSR count). The predicted octanol–water partition coefficient (Wildman–Crippen LogP) is 1.15. The highest BCUT2D eigenvalue weighted by Gasteiger charge is 2.09. The van der Waals surface area contributed by atoms with Gasteiger partial charge in [0.2, 0.25) is 0 Å². The second kappa shape index (κ2) is 6.89. The number of nitrogens with zero attached hydrogens (tertiary/aromatic N) is 2. The van der Waals surface area contributed by atoms with Crippen molar-refractivity contribution < 1.29 is 9.90 Å². The topological polar surface area (TPSA) is 67.2 Å². The molecular weight excluding hydrogens is 274 g/mol. The summed E-state index contributed by atoms with van der Waals surface area (Å²) in [4.78, 5) is 13.9. The van der Waals surface area contributed by atoms with E-state index in [0.29, 0.717) is 18.7 Å². The fraction of sp³-hybridized carbons (Fsp3) is 0.286. The number of hydrogen-bond acceptors (Lipinski definition) is 4. The molecule has 104 valence electrons. The summed E-state index contributed by atoms with van der Waals surface area (Å²) in [5.41, 5.74) is 0.532. The zero-order valence-corrected chi connectivity index (χ0v) is 11.9. The lowest BCUT2D eigenvalue weighted by atomic mass is 10.3. The fourth-order valence-corrected chi connectivity index (χ4v) is 2.42. The van der Waals surface area contributed by atoms with E-state index in [1.165, 1.54) is 16.0 Å². The van der Waals surface area contributed by atoms with Gasteiger partial charge in [-0.2, -0.15) is 5.10 Å². The van der Waals surface area contributed by atoms with Gasteiger partial charge in [0.25, 0.3) is 5.91 Å². The van der Waals surface area contributed by atoms with Crippen LogP contribution in [0.5, 0.6) is 0 Å². The minimum Gasteiger partial charge on any atom is -0.395 e. The number of aliphatic hydroxyl groups is 1. The van der Waals surface area contributed by atoms with Crippen LogP contribution in [0.4, 0.5) is 0 Å². The first-order valence-electron chi connectivity index (χ1n) is 6.15. The van der Waals surface area contributed by atoms with Crippen molar-refractivity contribution >= 4 is 17.2 Å². The standard InChI is InChI=1S/C14H15N3O2S/c1-17-13(7-8-16-17)14(19)15-10-12-6-5-11(20-12)4-2-3-9-18/h5-8,18H,3,9-10H2,1H3,(H,15,19). The first-order valence-corrected chi connectivity index (χ1v) is 6.97. The predicted molar refractivity (Wildman–Crippen MR) is 77.3 cm³/mol. The van der Waals surface area contributed by atoms with Crippen LogP contribution < -0.4 is 5.32 Å². The van der Waals surface area contributed by atoms with E-state index >= 15 is 0 Å². The molecule has 0 aliphatic heterocycles. The molecule has 0 radical (unpaired) electrons. The van der Waals surface area contributed by atoms with Gasteiger partial charge in [0.15, 0.2) is 0 Å². The molecule has 20 heavy (non-hydrogen) atoms. The van der Waals surface area contributed by atoms with Crippen molar-refractivity contribution in [2.24, 2.45) is 7.05 Å². The molecule has 5 nitrogen and oxygen atoms in total. The smallest absolute Gasteiger partial charge is 0.269 e. The van der Waals surface area contributed by atoms with Gasteiger partial charge in [0.1, 0.15) is 5.69 Å². The van der Waals surface area contributed by atoms with E-state index in [2.05, 4.69) is 22.3 Å². The van der Waals surface area contributed by atoms with Gasteiger partial charge in [-0.15, -0.1) is 11.3 Å². The van der Waals surface area contributed by atoms with Crippen LogP contribution in [0.3, 0.4) is 0 Å². The third-order valence-corrected chi connectivity index (χ3v) is 3.59. The third-order valence-electron chi connectivity index (χ3n) is 2.59. The number of nitrogens with one attached hydrogen (secondary N) is 1. The number of carbonyl (C=O) groups excluding carboxylic acids is 1. The van der Waals surface area contributed by atoms with Gasteiger partial charge in [-0.05, 0) is 18.2 Å². The van der Waals surface area contributed by atoms with Gasteiger partial charge in [0, 0.05) is 24.5 Å². The van der Waals surface area contributed by atoms with Gasteiger partial charge < -0.3 is 10.4 Å². The lowest BCUT2D eigenvalue weighted by Crippen LogP contribution is -2.24. The van der Waals surface area contributed by atoms with Gasteiger partial charge in [0.05, 0.1) is 18.0 Å². The normalized spacial score (nSPS) is 9.90. The van der Waals surface area contributed by atoms with Crippen LogP contribution in [-0.2, 0) is 13.6 Å². The Bertz CT molecular complexity index is 649. The Labute approximate surface area is 121 Å². The van der Waals surface area contributed by atoms with Crippen molar-refractivity contribution in [2.45, 2.75) is 13.0 Å². The molecule has 0 fully saturated rings. The largest absolute Gasteiger partial charge is 0.395 e. The lowest BCUT2D eigenvalue weighted by molar-refractivity contribution is 0.0942. The highest BCUT2D eigenvalue weighted by Crippen LogP contribution is 2.15. The van der Waals surface area contributed by atoms with Crippen LogP contribution in [-0.4, -0.2) is 27.4 Å². The molecule has 0 aromatic carbocycles. The van der Waals surface area contributed by atoms with Crippen molar-refractivity contribution in [3.05, 3.63) is 39.8 Å². The van der Waals surface area contributed by atoms with E-state index in [9.17, 15) is 4.79 Å². The minimum atomic E-state index is -0.147. The summed E-state index contributed by atoms with van der Waals surface area (Å²) in [6, 6.07) is 5.54. The van der Waals surface area contributed by atoms with E-state index in [0.717, 1.165) is 9.75 Å². The van der Waals surface area contributed by atoms with E-state index in [4.69, 9.17) is 5.11 Å². The average Bonchev–Trinajstić information content (AvgIpc) is 3.05. The molecule has 0 atom stereocenters. The fourth-order valence-electron chi connectivity index (χ4n) is 1.60. The van der Waals surface area contributed by atoms with Crippen molar-refractivity contribution in [1.29, 1.82) is 0 Å². The summed E-state index contributed by atoms with van der Waals surface area (Å²) in [6.45, 7) is 0.544. The van der Waals surface area contributed by atoms with Crippen LogP contribution in [0.15, 0.2) is 24.4 Å². The molecule has 1 amide bonds. The number of rotatable bonds is 4. The molecule has 2 heterocycles. The SMILES string of the molecule is Cn1nccc1C(=O)NCc1ccc(C#CCCO)s1. The zero-order valence-electron chi connectivity index (χ0n) is 11.1. The number of aromatic nitrogens is 2. The van der Waals surface area contributed by atoms with E-state index in [-0.39, 0.29) is 12.5 Å². The van der Waals surface area contributed by atoms with Crippen molar-refractivity contribution in [2.75, 3.05) is 6.61 Å². The monoisotopic (exact) mass is 289 g/mol. The first-order chi connectivity index (χ1) is 9.70. The molecule has 0 aliphatic carbocycles. The zero-order chi connectivity index (χ0) is 14.4. The average molecular weight is 289 g/mol. The highest BCUT2D eigenvalue weighted by atomic mass is 32.1. The molecule has 0 unspecified atom stereocenters. The maximum absolute atomic E-state index is 11.9. The first kappa shape index (κ1) is 14.3. The van der Waals surface area contributed by atoms with E-state index in [1.54, 1.807) is 19.3 Å². The summed E-state index contributed by atoms with van der Waals surface area (Å²) in [6.07, 6.45) is 2.07. The number of amides is 1. The van der Waals surface area contributed by atoms with Gasteiger partial charge in [-0.1, -0.05) is 11.8 Å². The van der Waals surface area contributed by atoms with Crippen molar-refractivity contribution in [1.82, 2.24) is 15.1 Å². The Morgan fingerprint density at radius 2 is 2.35 bits per heavy atom. The summed E-state index contributed by atoms with van der Waals surface area (Å²) >= 11 is 1.53. The summed E-state index contributed by atoms with van der Waals surface area (Å²) in [7, 11) is 1.73.